The van der Waals surface area contributed by atoms with Gasteiger partial charge in [0.25, 0.3) is 5.91 Å². The summed E-state index contributed by atoms with van der Waals surface area (Å²) in [4.78, 5) is 14.7. The van der Waals surface area contributed by atoms with Crippen LogP contribution in [0.5, 0.6) is 0 Å². The molecule has 1 saturated heterocycles. The molecule has 1 aliphatic heterocycles. The number of nitrogens with one attached hydrogen (secondary N) is 2. The predicted molar refractivity (Wildman–Crippen MR) is 89.9 cm³/mol. The molecule has 130 valence electrons. The molecule has 1 fully saturated rings. The van der Waals surface area contributed by atoms with Crippen LogP contribution in [0.2, 0.25) is 0 Å². The molecule has 0 atom stereocenters. The van der Waals surface area contributed by atoms with E-state index in [1.807, 2.05) is 12.1 Å². The van der Waals surface area contributed by atoms with Gasteiger partial charge < -0.3 is 14.5 Å². The summed E-state index contributed by atoms with van der Waals surface area (Å²) in [6, 6.07) is 9.17. The normalized spacial score (nSPS) is 15.5. The van der Waals surface area contributed by atoms with Crippen LogP contribution in [0, 0.1) is 0 Å². The standard InChI is InChI=1S/C17H19N5O3/c23-17(14-2-1-3-15-16(14)20-21-19-15)18-10-12-4-5-13(25-12)11-22-6-8-24-9-7-22/h1-5H,6-11H2,(H,18,23)(H,19,20,21). The van der Waals surface area contributed by atoms with Crippen LogP contribution in [0.25, 0.3) is 11.0 Å². The first kappa shape index (κ1) is 15.8. The van der Waals surface area contributed by atoms with Crippen molar-refractivity contribution >= 4 is 16.9 Å². The summed E-state index contributed by atoms with van der Waals surface area (Å²) in [7, 11) is 0. The number of amides is 1. The second-order valence-corrected chi connectivity index (χ2v) is 5.94. The van der Waals surface area contributed by atoms with Crippen molar-refractivity contribution in [2.45, 2.75) is 13.1 Å². The molecule has 1 amide bonds. The summed E-state index contributed by atoms with van der Waals surface area (Å²) < 4.78 is 11.2. The summed E-state index contributed by atoms with van der Waals surface area (Å²) >= 11 is 0. The number of benzene rings is 1. The van der Waals surface area contributed by atoms with E-state index < -0.39 is 0 Å². The van der Waals surface area contributed by atoms with E-state index >= 15 is 0 Å². The van der Waals surface area contributed by atoms with Gasteiger partial charge in [0.1, 0.15) is 22.6 Å². The van der Waals surface area contributed by atoms with Crippen LogP contribution < -0.4 is 5.32 Å². The minimum atomic E-state index is -0.203. The lowest BCUT2D eigenvalue weighted by molar-refractivity contribution is 0.0312. The van der Waals surface area contributed by atoms with Gasteiger partial charge in [-0.05, 0) is 24.3 Å². The Bertz CT molecular complexity index is 866. The Morgan fingerprint density at radius 3 is 2.88 bits per heavy atom. The average Bonchev–Trinajstić information content (AvgIpc) is 3.29. The highest BCUT2D eigenvalue weighted by molar-refractivity contribution is 6.04. The van der Waals surface area contributed by atoms with Gasteiger partial charge in [0.2, 0.25) is 0 Å². The Balaban J connectivity index is 1.36. The van der Waals surface area contributed by atoms with Gasteiger partial charge in [-0.25, -0.2) is 0 Å². The van der Waals surface area contributed by atoms with Crippen molar-refractivity contribution in [1.82, 2.24) is 25.6 Å². The summed E-state index contributed by atoms with van der Waals surface area (Å²) in [6.45, 7) is 4.43. The first-order valence-corrected chi connectivity index (χ1v) is 8.25. The number of aromatic amines is 1. The molecule has 2 aromatic heterocycles. The lowest BCUT2D eigenvalue weighted by Gasteiger charge is -2.25. The SMILES string of the molecule is O=C(NCc1ccc(CN2CCOCC2)o1)c1cccc2n[nH]nc12. The Morgan fingerprint density at radius 1 is 1.16 bits per heavy atom. The van der Waals surface area contributed by atoms with E-state index in [9.17, 15) is 4.79 Å². The second-order valence-electron chi connectivity index (χ2n) is 5.94. The number of furan rings is 1. The van der Waals surface area contributed by atoms with Crippen LogP contribution >= 0.6 is 0 Å². The van der Waals surface area contributed by atoms with Crippen LogP contribution in [0.4, 0.5) is 0 Å². The second kappa shape index (κ2) is 7.04. The molecule has 0 aliphatic carbocycles. The predicted octanol–water partition coefficient (Wildman–Crippen LogP) is 1.31. The summed E-state index contributed by atoms with van der Waals surface area (Å²) in [5.74, 6) is 1.42. The fraction of sp³-hybridized carbons (Fsp3) is 0.353. The maximum absolute atomic E-state index is 12.4. The van der Waals surface area contributed by atoms with E-state index in [1.165, 1.54) is 0 Å². The van der Waals surface area contributed by atoms with Gasteiger partial charge in [-0.3, -0.25) is 9.69 Å². The largest absolute Gasteiger partial charge is 0.463 e. The van der Waals surface area contributed by atoms with Crippen LogP contribution in [-0.2, 0) is 17.8 Å². The molecule has 2 N–H and O–H groups in total. The Kier molecular flexibility index (Phi) is 4.45. The van der Waals surface area contributed by atoms with E-state index in [1.54, 1.807) is 18.2 Å². The van der Waals surface area contributed by atoms with E-state index in [2.05, 4.69) is 25.6 Å². The molecule has 4 rings (SSSR count). The van der Waals surface area contributed by atoms with Crippen molar-refractivity contribution in [3.05, 3.63) is 47.4 Å². The fourth-order valence-electron chi connectivity index (χ4n) is 2.90. The monoisotopic (exact) mass is 341 g/mol. The van der Waals surface area contributed by atoms with E-state index in [0.29, 0.717) is 23.1 Å². The third-order valence-electron chi connectivity index (χ3n) is 4.22. The van der Waals surface area contributed by atoms with Gasteiger partial charge in [-0.2, -0.15) is 15.4 Å². The van der Waals surface area contributed by atoms with Crippen LogP contribution in [0.3, 0.4) is 0 Å². The molecular weight excluding hydrogens is 322 g/mol. The van der Waals surface area contributed by atoms with Crippen LogP contribution in [-0.4, -0.2) is 52.5 Å². The lowest BCUT2D eigenvalue weighted by atomic mass is 10.1. The maximum Gasteiger partial charge on any atom is 0.254 e. The van der Waals surface area contributed by atoms with Crippen molar-refractivity contribution in [3.63, 3.8) is 0 Å². The van der Waals surface area contributed by atoms with Crippen LogP contribution in [0.1, 0.15) is 21.9 Å². The van der Waals surface area contributed by atoms with E-state index in [-0.39, 0.29) is 5.91 Å². The molecule has 0 saturated carbocycles. The number of aromatic nitrogens is 3. The molecule has 1 aliphatic rings. The van der Waals surface area contributed by atoms with Gasteiger partial charge in [0, 0.05) is 13.1 Å². The number of hydrogen-bond donors (Lipinski definition) is 2. The number of carbonyl (C=O) groups is 1. The average molecular weight is 341 g/mol. The highest BCUT2D eigenvalue weighted by Gasteiger charge is 2.15. The molecule has 8 heteroatoms. The molecule has 0 radical (unpaired) electrons. The molecule has 0 bridgehead atoms. The number of rotatable bonds is 5. The molecule has 25 heavy (non-hydrogen) atoms. The number of nitrogens with zero attached hydrogens (tertiary/aromatic N) is 3. The Morgan fingerprint density at radius 2 is 2.00 bits per heavy atom. The minimum absolute atomic E-state index is 0.203. The van der Waals surface area contributed by atoms with Gasteiger partial charge >= 0.3 is 0 Å². The smallest absolute Gasteiger partial charge is 0.254 e. The number of carbonyl (C=O) groups excluding carboxylic acids is 1. The highest BCUT2D eigenvalue weighted by Crippen LogP contribution is 2.15. The van der Waals surface area contributed by atoms with Gasteiger partial charge in [-0.1, -0.05) is 6.07 Å². The molecule has 3 heterocycles. The quantitative estimate of drug-likeness (QED) is 0.726. The first-order chi connectivity index (χ1) is 12.3. The van der Waals surface area contributed by atoms with Gasteiger partial charge in [0.15, 0.2) is 0 Å². The number of para-hydroxylation sites is 1. The zero-order valence-corrected chi connectivity index (χ0v) is 13.7. The van der Waals surface area contributed by atoms with Gasteiger partial charge in [0.05, 0.1) is 31.9 Å². The van der Waals surface area contributed by atoms with Crippen molar-refractivity contribution in [3.8, 4) is 0 Å². The number of H-pyrrole nitrogens is 1. The van der Waals surface area contributed by atoms with Crippen molar-refractivity contribution in [2.24, 2.45) is 0 Å². The maximum atomic E-state index is 12.4. The molecule has 3 aromatic rings. The Hall–Kier alpha value is -2.71. The summed E-state index contributed by atoms with van der Waals surface area (Å²) in [5.41, 5.74) is 1.72. The molecule has 0 unspecified atom stereocenters. The van der Waals surface area contributed by atoms with Crippen molar-refractivity contribution in [1.29, 1.82) is 0 Å². The van der Waals surface area contributed by atoms with Crippen LogP contribution in [0.15, 0.2) is 34.7 Å². The minimum Gasteiger partial charge on any atom is -0.463 e. The number of hydrogen-bond acceptors (Lipinski definition) is 6. The zero-order chi connectivity index (χ0) is 17.1. The molecule has 1 aromatic carbocycles. The molecule has 8 nitrogen and oxygen atoms in total. The van der Waals surface area contributed by atoms with Crippen molar-refractivity contribution in [2.75, 3.05) is 26.3 Å². The number of morpholine rings is 1. The van der Waals surface area contributed by atoms with E-state index in [0.717, 1.165) is 44.4 Å². The topological polar surface area (TPSA) is 96.3 Å². The zero-order valence-electron chi connectivity index (χ0n) is 13.7. The highest BCUT2D eigenvalue weighted by atomic mass is 16.5. The summed E-state index contributed by atoms with van der Waals surface area (Å²) in [5, 5.41) is 13.4. The third kappa shape index (κ3) is 3.54. The number of fused-ring (bicyclic) bond motifs is 1. The number of ether oxygens (including phenoxy) is 1. The van der Waals surface area contributed by atoms with Crippen molar-refractivity contribution < 1.29 is 13.9 Å². The summed E-state index contributed by atoms with van der Waals surface area (Å²) in [6.07, 6.45) is 0. The Labute approximate surface area is 144 Å². The molecule has 0 spiro atoms. The first-order valence-electron chi connectivity index (χ1n) is 8.25. The van der Waals surface area contributed by atoms with Gasteiger partial charge in [-0.15, -0.1) is 0 Å². The third-order valence-corrected chi connectivity index (χ3v) is 4.22. The fourth-order valence-corrected chi connectivity index (χ4v) is 2.90. The lowest BCUT2D eigenvalue weighted by Crippen LogP contribution is -2.35. The van der Waals surface area contributed by atoms with E-state index in [4.69, 9.17) is 9.15 Å². The molecular formula is C17H19N5O3.